The summed E-state index contributed by atoms with van der Waals surface area (Å²) < 4.78 is 27.4. The SMILES string of the molecule is CCNc1ncnc(SCCS(C)(=O)=O)c1OC. The van der Waals surface area contributed by atoms with Crippen LogP contribution in [-0.2, 0) is 9.84 Å². The maximum atomic E-state index is 11.1. The summed E-state index contributed by atoms with van der Waals surface area (Å²) in [6, 6.07) is 0. The van der Waals surface area contributed by atoms with Gasteiger partial charge in [-0.25, -0.2) is 18.4 Å². The molecule has 0 aliphatic heterocycles. The van der Waals surface area contributed by atoms with Crippen LogP contribution >= 0.6 is 11.8 Å². The van der Waals surface area contributed by atoms with Crippen LogP contribution in [0.2, 0.25) is 0 Å². The Labute approximate surface area is 111 Å². The molecular formula is C10H17N3O3S2. The van der Waals surface area contributed by atoms with Crippen LogP contribution in [-0.4, -0.2) is 49.8 Å². The monoisotopic (exact) mass is 291 g/mol. The van der Waals surface area contributed by atoms with E-state index in [1.807, 2.05) is 6.92 Å². The van der Waals surface area contributed by atoms with Crippen LogP contribution in [0, 0.1) is 0 Å². The molecular weight excluding hydrogens is 274 g/mol. The van der Waals surface area contributed by atoms with Crippen molar-refractivity contribution in [3.63, 3.8) is 0 Å². The van der Waals surface area contributed by atoms with Gasteiger partial charge in [0.2, 0.25) is 0 Å². The van der Waals surface area contributed by atoms with Gasteiger partial charge in [-0.1, -0.05) is 0 Å². The summed E-state index contributed by atoms with van der Waals surface area (Å²) in [5.41, 5.74) is 0. The minimum atomic E-state index is -2.95. The molecule has 1 heterocycles. The molecule has 8 heteroatoms. The Bertz CT molecular complexity index is 491. The van der Waals surface area contributed by atoms with Gasteiger partial charge < -0.3 is 10.1 Å². The van der Waals surface area contributed by atoms with E-state index in [1.165, 1.54) is 24.3 Å². The largest absolute Gasteiger partial charge is 0.490 e. The van der Waals surface area contributed by atoms with Gasteiger partial charge in [-0.3, -0.25) is 0 Å². The van der Waals surface area contributed by atoms with Gasteiger partial charge in [0.1, 0.15) is 21.2 Å². The summed E-state index contributed by atoms with van der Waals surface area (Å²) in [4.78, 5) is 8.18. The average molecular weight is 291 g/mol. The molecule has 0 unspecified atom stereocenters. The molecule has 0 aliphatic rings. The van der Waals surface area contributed by atoms with Gasteiger partial charge in [0, 0.05) is 18.6 Å². The second-order valence-corrected chi connectivity index (χ2v) is 6.91. The lowest BCUT2D eigenvalue weighted by molar-refractivity contribution is 0.400. The van der Waals surface area contributed by atoms with Crippen LogP contribution in [0.5, 0.6) is 5.75 Å². The predicted molar refractivity (Wildman–Crippen MR) is 73.2 cm³/mol. The summed E-state index contributed by atoms with van der Waals surface area (Å²) in [6.45, 7) is 2.68. The van der Waals surface area contributed by atoms with Crippen molar-refractivity contribution in [2.75, 3.05) is 36.7 Å². The number of nitrogens with one attached hydrogen (secondary N) is 1. The average Bonchev–Trinajstić information content (AvgIpc) is 2.28. The lowest BCUT2D eigenvalue weighted by Crippen LogP contribution is -2.07. The normalized spacial score (nSPS) is 11.3. The number of anilines is 1. The molecule has 102 valence electrons. The lowest BCUT2D eigenvalue weighted by atomic mass is 10.5. The number of hydrogen-bond acceptors (Lipinski definition) is 7. The van der Waals surface area contributed by atoms with Crippen LogP contribution in [0.15, 0.2) is 11.4 Å². The topological polar surface area (TPSA) is 81.2 Å². The van der Waals surface area contributed by atoms with Crippen molar-refractivity contribution in [3.8, 4) is 5.75 Å². The molecule has 0 fully saturated rings. The number of hydrogen-bond donors (Lipinski definition) is 1. The van der Waals surface area contributed by atoms with Gasteiger partial charge in [0.25, 0.3) is 0 Å². The van der Waals surface area contributed by atoms with Crippen molar-refractivity contribution < 1.29 is 13.2 Å². The lowest BCUT2D eigenvalue weighted by Gasteiger charge is -2.11. The van der Waals surface area contributed by atoms with Crippen molar-refractivity contribution in [1.29, 1.82) is 0 Å². The molecule has 0 saturated heterocycles. The van der Waals surface area contributed by atoms with E-state index in [0.29, 0.717) is 22.3 Å². The molecule has 1 aromatic rings. The van der Waals surface area contributed by atoms with E-state index in [4.69, 9.17) is 4.74 Å². The Balaban J connectivity index is 2.78. The first kappa shape index (κ1) is 15.0. The predicted octanol–water partition coefficient (Wildman–Crippen LogP) is 1.05. The zero-order chi connectivity index (χ0) is 13.6. The van der Waals surface area contributed by atoms with Crippen molar-refractivity contribution >= 4 is 27.4 Å². The first-order valence-electron chi connectivity index (χ1n) is 5.41. The van der Waals surface area contributed by atoms with Crippen LogP contribution in [0.1, 0.15) is 6.92 Å². The summed E-state index contributed by atoms with van der Waals surface area (Å²) in [6.07, 6.45) is 2.65. The third-order valence-corrected chi connectivity index (χ3v) is 4.19. The van der Waals surface area contributed by atoms with Gasteiger partial charge in [-0.05, 0) is 6.92 Å². The van der Waals surface area contributed by atoms with E-state index in [1.54, 1.807) is 7.11 Å². The highest BCUT2D eigenvalue weighted by Crippen LogP contribution is 2.32. The first-order chi connectivity index (χ1) is 8.48. The maximum Gasteiger partial charge on any atom is 0.193 e. The molecule has 6 nitrogen and oxygen atoms in total. The second kappa shape index (κ2) is 6.79. The third kappa shape index (κ3) is 4.69. The second-order valence-electron chi connectivity index (χ2n) is 3.57. The summed E-state index contributed by atoms with van der Waals surface area (Å²) >= 11 is 1.34. The Hall–Kier alpha value is -1.02. The molecule has 0 saturated carbocycles. The number of thioether (sulfide) groups is 1. The van der Waals surface area contributed by atoms with Crippen molar-refractivity contribution in [2.24, 2.45) is 0 Å². The number of methoxy groups -OCH3 is 1. The fraction of sp³-hybridized carbons (Fsp3) is 0.600. The van der Waals surface area contributed by atoms with Crippen LogP contribution in [0.25, 0.3) is 0 Å². The summed E-state index contributed by atoms with van der Waals surface area (Å²) in [5, 5.41) is 3.71. The number of ether oxygens (including phenoxy) is 1. The van der Waals surface area contributed by atoms with Gasteiger partial charge >= 0.3 is 0 Å². The van der Waals surface area contributed by atoms with Gasteiger partial charge in [-0.15, -0.1) is 11.8 Å². The van der Waals surface area contributed by atoms with Crippen LogP contribution in [0.4, 0.5) is 5.82 Å². The number of sulfone groups is 1. The van der Waals surface area contributed by atoms with Crippen molar-refractivity contribution in [2.45, 2.75) is 11.9 Å². The summed E-state index contributed by atoms with van der Waals surface area (Å²) in [7, 11) is -1.41. The highest BCUT2D eigenvalue weighted by atomic mass is 32.2. The molecule has 0 amide bonds. The minimum Gasteiger partial charge on any atom is -0.490 e. The van der Waals surface area contributed by atoms with E-state index >= 15 is 0 Å². The van der Waals surface area contributed by atoms with E-state index in [2.05, 4.69) is 15.3 Å². The molecule has 0 aliphatic carbocycles. The standard InChI is InChI=1S/C10H17N3O3S2/c1-4-11-9-8(16-2)10(13-7-12-9)17-5-6-18(3,14)15/h7H,4-6H2,1-3H3,(H,11,12,13). The fourth-order valence-electron chi connectivity index (χ4n) is 1.23. The Morgan fingerprint density at radius 3 is 2.72 bits per heavy atom. The molecule has 0 radical (unpaired) electrons. The minimum absolute atomic E-state index is 0.112. The number of rotatable bonds is 7. The van der Waals surface area contributed by atoms with Gasteiger partial charge in [0.05, 0.1) is 12.9 Å². The van der Waals surface area contributed by atoms with Gasteiger partial charge in [-0.2, -0.15) is 0 Å². The molecule has 1 N–H and O–H groups in total. The fourth-order valence-corrected chi connectivity index (χ4v) is 3.40. The molecule has 0 spiro atoms. The molecule has 0 aromatic carbocycles. The highest BCUT2D eigenvalue weighted by molar-refractivity contribution is 8.00. The number of nitrogens with zero attached hydrogens (tertiary/aromatic N) is 2. The Morgan fingerprint density at radius 1 is 1.44 bits per heavy atom. The van der Waals surface area contributed by atoms with E-state index in [-0.39, 0.29) is 5.75 Å². The Morgan fingerprint density at radius 2 is 2.17 bits per heavy atom. The van der Waals surface area contributed by atoms with Crippen LogP contribution in [0.3, 0.4) is 0 Å². The number of aromatic nitrogens is 2. The molecule has 0 atom stereocenters. The van der Waals surface area contributed by atoms with Crippen molar-refractivity contribution in [3.05, 3.63) is 6.33 Å². The highest BCUT2D eigenvalue weighted by Gasteiger charge is 2.12. The first-order valence-corrected chi connectivity index (χ1v) is 8.46. The van der Waals surface area contributed by atoms with Crippen LogP contribution < -0.4 is 10.1 Å². The zero-order valence-corrected chi connectivity index (χ0v) is 12.3. The smallest absolute Gasteiger partial charge is 0.193 e. The molecule has 0 bridgehead atoms. The maximum absolute atomic E-state index is 11.1. The van der Waals surface area contributed by atoms with E-state index in [9.17, 15) is 8.42 Å². The van der Waals surface area contributed by atoms with E-state index < -0.39 is 9.84 Å². The van der Waals surface area contributed by atoms with Gasteiger partial charge in [0.15, 0.2) is 11.6 Å². The molecule has 1 rings (SSSR count). The quantitative estimate of drug-likeness (QED) is 0.594. The molecule has 18 heavy (non-hydrogen) atoms. The molecule has 1 aromatic heterocycles. The zero-order valence-electron chi connectivity index (χ0n) is 10.6. The van der Waals surface area contributed by atoms with E-state index in [0.717, 1.165) is 6.54 Å². The Kier molecular flexibility index (Phi) is 5.67. The summed E-state index contributed by atoms with van der Waals surface area (Å²) in [5.74, 6) is 1.73. The third-order valence-electron chi connectivity index (χ3n) is 2.01. The van der Waals surface area contributed by atoms with Crippen molar-refractivity contribution in [1.82, 2.24) is 9.97 Å².